The van der Waals surface area contributed by atoms with Crippen molar-refractivity contribution in [2.75, 3.05) is 0 Å². The van der Waals surface area contributed by atoms with Crippen LogP contribution in [0.4, 0.5) is 0 Å². The third kappa shape index (κ3) is 3.51. The van der Waals surface area contributed by atoms with Gasteiger partial charge in [-0.25, -0.2) is 0 Å². The molecular formula is C29H26. The molecule has 1 aliphatic rings. The Kier molecular flexibility index (Phi) is 5.01. The first kappa shape index (κ1) is 17.9. The van der Waals surface area contributed by atoms with Crippen molar-refractivity contribution in [1.29, 1.82) is 0 Å². The summed E-state index contributed by atoms with van der Waals surface area (Å²) in [7, 11) is 0. The Hall–Kier alpha value is -3.12. The molecule has 0 bridgehead atoms. The molecule has 4 atom stereocenters. The van der Waals surface area contributed by atoms with E-state index >= 15 is 0 Å². The summed E-state index contributed by atoms with van der Waals surface area (Å²) in [5.41, 5.74) is 5.82. The van der Waals surface area contributed by atoms with Crippen molar-refractivity contribution in [1.82, 2.24) is 0 Å². The zero-order chi connectivity index (χ0) is 19.5. The summed E-state index contributed by atoms with van der Waals surface area (Å²) in [6, 6.07) is 44.6. The largest absolute Gasteiger partial charge is 0.0622 e. The molecule has 1 aliphatic carbocycles. The van der Waals surface area contributed by atoms with Crippen LogP contribution in [0.2, 0.25) is 0 Å². The molecule has 0 amide bonds. The third-order valence-electron chi connectivity index (χ3n) is 6.59. The molecule has 0 saturated heterocycles. The summed E-state index contributed by atoms with van der Waals surface area (Å²) in [6.07, 6.45) is 1.17. The van der Waals surface area contributed by atoms with Gasteiger partial charge in [0.2, 0.25) is 0 Å². The SMILES string of the molecule is c1ccc(C2CC(c3ccccc3)C(c3ccccc3)C2c2ccccc2)cc1. The van der Waals surface area contributed by atoms with Crippen LogP contribution in [0.1, 0.15) is 52.3 Å². The molecule has 0 N–H and O–H groups in total. The van der Waals surface area contributed by atoms with E-state index in [4.69, 9.17) is 0 Å². The molecular weight excluding hydrogens is 348 g/mol. The van der Waals surface area contributed by atoms with Crippen LogP contribution in [-0.4, -0.2) is 0 Å². The highest BCUT2D eigenvalue weighted by molar-refractivity contribution is 5.42. The first-order chi connectivity index (χ1) is 14.4. The molecule has 0 nitrogen and oxygen atoms in total. The maximum Gasteiger partial charge on any atom is -0.00182 e. The van der Waals surface area contributed by atoms with Gasteiger partial charge in [-0.1, -0.05) is 121 Å². The highest BCUT2D eigenvalue weighted by atomic mass is 14.5. The fourth-order valence-electron chi connectivity index (χ4n) is 5.38. The van der Waals surface area contributed by atoms with E-state index in [1.807, 2.05) is 0 Å². The van der Waals surface area contributed by atoms with Crippen LogP contribution >= 0.6 is 0 Å². The summed E-state index contributed by atoms with van der Waals surface area (Å²) in [5, 5.41) is 0. The zero-order valence-electron chi connectivity index (χ0n) is 16.6. The number of rotatable bonds is 4. The minimum atomic E-state index is 0.464. The van der Waals surface area contributed by atoms with E-state index in [0.29, 0.717) is 23.7 Å². The van der Waals surface area contributed by atoms with Gasteiger partial charge < -0.3 is 0 Å². The Morgan fingerprint density at radius 1 is 0.345 bits per heavy atom. The van der Waals surface area contributed by atoms with E-state index in [9.17, 15) is 0 Å². The zero-order valence-corrected chi connectivity index (χ0v) is 16.6. The Labute approximate surface area is 173 Å². The molecule has 1 saturated carbocycles. The molecule has 0 heterocycles. The molecule has 0 aromatic heterocycles. The average molecular weight is 375 g/mol. The van der Waals surface area contributed by atoms with Crippen molar-refractivity contribution in [3.05, 3.63) is 144 Å². The lowest BCUT2D eigenvalue weighted by atomic mass is 9.75. The smallest absolute Gasteiger partial charge is 0.00182 e. The Morgan fingerprint density at radius 2 is 0.621 bits per heavy atom. The monoisotopic (exact) mass is 374 g/mol. The van der Waals surface area contributed by atoms with Crippen LogP contribution in [0.3, 0.4) is 0 Å². The van der Waals surface area contributed by atoms with Gasteiger partial charge in [0.1, 0.15) is 0 Å². The third-order valence-corrected chi connectivity index (χ3v) is 6.59. The fraction of sp³-hybridized carbons (Fsp3) is 0.172. The number of hydrogen-bond acceptors (Lipinski definition) is 0. The van der Waals surface area contributed by atoms with Crippen molar-refractivity contribution < 1.29 is 0 Å². The first-order valence-electron chi connectivity index (χ1n) is 10.6. The topological polar surface area (TPSA) is 0 Å². The van der Waals surface area contributed by atoms with Crippen molar-refractivity contribution in [2.45, 2.75) is 30.1 Å². The molecule has 5 rings (SSSR count). The van der Waals surface area contributed by atoms with Crippen molar-refractivity contribution in [3.8, 4) is 0 Å². The van der Waals surface area contributed by atoms with E-state index in [1.54, 1.807) is 0 Å². The Balaban J connectivity index is 1.69. The molecule has 0 spiro atoms. The first-order valence-corrected chi connectivity index (χ1v) is 10.6. The van der Waals surface area contributed by atoms with Crippen molar-refractivity contribution in [2.24, 2.45) is 0 Å². The maximum atomic E-state index is 2.32. The van der Waals surface area contributed by atoms with Gasteiger partial charge in [0, 0.05) is 0 Å². The van der Waals surface area contributed by atoms with Gasteiger partial charge >= 0.3 is 0 Å². The van der Waals surface area contributed by atoms with Gasteiger partial charge in [0.25, 0.3) is 0 Å². The van der Waals surface area contributed by atoms with E-state index in [2.05, 4.69) is 121 Å². The van der Waals surface area contributed by atoms with Gasteiger partial charge in [-0.2, -0.15) is 0 Å². The lowest BCUT2D eigenvalue weighted by Crippen LogP contribution is -2.13. The van der Waals surface area contributed by atoms with E-state index in [-0.39, 0.29) is 0 Å². The Morgan fingerprint density at radius 3 is 0.931 bits per heavy atom. The molecule has 0 aliphatic heterocycles. The number of benzene rings is 4. The second kappa shape index (κ2) is 8.09. The molecule has 4 aromatic carbocycles. The van der Waals surface area contributed by atoms with E-state index in [0.717, 1.165) is 0 Å². The highest BCUT2D eigenvalue weighted by Gasteiger charge is 2.45. The highest BCUT2D eigenvalue weighted by Crippen LogP contribution is 2.60. The fourth-order valence-corrected chi connectivity index (χ4v) is 5.38. The molecule has 1 fully saturated rings. The summed E-state index contributed by atoms with van der Waals surface area (Å²) >= 11 is 0. The maximum absolute atomic E-state index is 2.32. The van der Waals surface area contributed by atoms with E-state index < -0.39 is 0 Å². The van der Waals surface area contributed by atoms with Gasteiger partial charge in [0.05, 0.1) is 0 Å². The van der Waals surface area contributed by atoms with Crippen LogP contribution in [-0.2, 0) is 0 Å². The molecule has 4 aromatic rings. The standard InChI is InChI=1S/C29H26/c1-5-13-22(14-6-1)26-21-27(23-15-7-2-8-16-23)29(25-19-11-4-12-20-25)28(26)24-17-9-3-10-18-24/h1-20,26-29H,21H2. The van der Waals surface area contributed by atoms with Crippen molar-refractivity contribution >= 4 is 0 Å². The summed E-state index contributed by atoms with van der Waals surface area (Å²) < 4.78 is 0. The van der Waals surface area contributed by atoms with Gasteiger partial charge in [0.15, 0.2) is 0 Å². The van der Waals surface area contributed by atoms with Crippen LogP contribution in [0.15, 0.2) is 121 Å². The average Bonchev–Trinajstić information content (AvgIpc) is 3.22. The molecule has 0 heteroatoms. The lowest BCUT2D eigenvalue weighted by Gasteiger charge is -2.28. The van der Waals surface area contributed by atoms with Gasteiger partial charge in [-0.15, -0.1) is 0 Å². The van der Waals surface area contributed by atoms with Crippen LogP contribution in [0.5, 0.6) is 0 Å². The van der Waals surface area contributed by atoms with Crippen molar-refractivity contribution in [3.63, 3.8) is 0 Å². The minimum Gasteiger partial charge on any atom is -0.0622 e. The van der Waals surface area contributed by atoms with Crippen LogP contribution in [0, 0.1) is 0 Å². The number of hydrogen-bond donors (Lipinski definition) is 0. The second-order valence-corrected chi connectivity index (χ2v) is 8.14. The van der Waals surface area contributed by atoms with Crippen LogP contribution in [0.25, 0.3) is 0 Å². The second-order valence-electron chi connectivity index (χ2n) is 8.14. The molecule has 0 radical (unpaired) electrons. The lowest BCUT2D eigenvalue weighted by molar-refractivity contribution is 0.553. The van der Waals surface area contributed by atoms with Gasteiger partial charge in [-0.3, -0.25) is 0 Å². The normalized spacial score (nSPS) is 23.7. The quantitative estimate of drug-likeness (QED) is 0.346. The van der Waals surface area contributed by atoms with Crippen LogP contribution < -0.4 is 0 Å². The summed E-state index contributed by atoms with van der Waals surface area (Å²) in [5.74, 6) is 1.94. The predicted octanol–water partition coefficient (Wildman–Crippen LogP) is 7.53. The summed E-state index contributed by atoms with van der Waals surface area (Å²) in [6.45, 7) is 0. The van der Waals surface area contributed by atoms with E-state index in [1.165, 1.54) is 28.7 Å². The summed E-state index contributed by atoms with van der Waals surface area (Å²) in [4.78, 5) is 0. The Bertz CT molecular complexity index is 935. The molecule has 29 heavy (non-hydrogen) atoms. The van der Waals surface area contributed by atoms with Gasteiger partial charge in [-0.05, 0) is 52.3 Å². The minimum absolute atomic E-state index is 0.464. The molecule has 4 unspecified atom stereocenters. The molecule has 142 valence electrons. The predicted molar refractivity (Wildman–Crippen MR) is 121 cm³/mol.